The van der Waals surface area contributed by atoms with Crippen molar-refractivity contribution < 1.29 is 4.84 Å². The number of rotatable bonds is 3. The number of nitrogens with zero attached hydrogens (tertiary/aromatic N) is 1. The summed E-state index contributed by atoms with van der Waals surface area (Å²) in [5.74, 6) is 7.05. The van der Waals surface area contributed by atoms with Gasteiger partial charge in [0.2, 0.25) is 0 Å². The lowest BCUT2D eigenvalue weighted by atomic mass is 10.1. The van der Waals surface area contributed by atoms with Crippen molar-refractivity contribution in [3.8, 4) is 0 Å². The van der Waals surface area contributed by atoms with Crippen molar-refractivity contribution >= 4 is 0 Å². The molecule has 2 unspecified atom stereocenters. The van der Waals surface area contributed by atoms with Gasteiger partial charge in [-0.1, -0.05) is 0 Å². The summed E-state index contributed by atoms with van der Waals surface area (Å²) in [6, 6.07) is 0. The van der Waals surface area contributed by atoms with E-state index in [9.17, 15) is 0 Å². The Balaban J connectivity index is 1.68. The molecule has 3 heteroatoms. The second-order valence-electron chi connectivity index (χ2n) is 3.72. The van der Waals surface area contributed by atoms with Gasteiger partial charge in [-0.3, -0.25) is 0 Å². The fourth-order valence-electron chi connectivity index (χ4n) is 2.04. The van der Waals surface area contributed by atoms with Crippen LogP contribution in [0.4, 0.5) is 0 Å². The molecule has 1 saturated carbocycles. The molecule has 1 heterocycles. The van der Waals surface area contributed by atoms with Crippen molar-refractivity contribution in [3.05, 3.63) is 0 Å². The first-order chi connectivity index (χ1) is 5.40. The van der Waals surface area contributed by atoms with Crippen molar-refractivity contribution in [1.29, 1.82) is 0 Å². The average Bonchev–Trinajstić information content (AvgIpc) is 2.78. The molecule has 0 spiro atoms. The zero-order valence-electron chi connectivity index (χ0n) is 6.83. The summed E-state index contributed by atoms with van der Waals surface area (Å²) in [6.45, 7) is 4.23. The van der Waals surface area contributed by atoms with E-state index < -0.39 is 0 Å². The Hall–Kier alpha value is -0.120. The van der Waals surface area contributed by atoms with Crippen LogP contribution in [0.5, 0.6) is 0 Å². The predicted octanol–water partition coefficient (Wildman–Crippen LogP) is 0.218. The second-order valence-corrected chi connectivity index (χ2v) is 3.72. The molecule has 0 bridgehead atoms. The van der Waals surface area contributed by atoms with E-state index in [1.54, 1.807) is 0 Å². The highest BCUT2D eigenvalue weighted by Crippen LogP contribution is 2.44. The number of likely N-dealkylation sites (tertiary alicyclic amines) is 1. The molecule has 1 aliphatic carbocycles. The summed E-state index contributed by atoms with van der Waals surface area (Å²) in [5, 5.41) is 0. The summed E-state index contributed by atoms with van der Waals surface area (Å²) >= 11 is 0. The van der Waals surface area contributed by atoms with E-state index in [0.717, 1.165) is 18.4 Å². The number of piperidine rings is 1. The molecule has 0 radical (unpaired) electrons. The van der Waals surface area contributed by atoms with Crippen molar-refractivity contribution in [1.82, 2.24) is 4.90 Å². The maximum Gasteiger partial charge on any atom is 0.0806 e. The number of hydrogen-bond acceptors (Lipinski definition) is 3. The average molecular weight is 156 g/mol. The maximum atomic E-state index is 4.96. The molecule has 64 valence electrons. The Labute approximate surface area is 67.4 Å². The summed E-state index contributed by atoms with van der Waals surface area (Å²) in [6.07, 6.45) is 2.87. The van der Waals surface area contributed by atoms with Gasteiger partial charge in [0.1, 0.15) is 0 Å². The van der Waals surface area contributed by atoms with Gasteiger partial charge in [-0.25, -0.2) is 5.90 Å². The molecular weight excluding hydrogens is 140 g/mol. The third-order valence-corrected chi connectivity index (χ3v) is 2.90. The first-order valence-corrected chi connectivity index (χ1v) is 4.44. The van der Waals surface area contributed by atoms with Crippen LogP contribution in [0.25, 0.3) is 0 Å². The molecule has 2 rings (SSSR count). The van der Waals surface area contributed by atoms with E-state index >= 15 is 0 Å². The zero-order chi connectivity index (χ0) is 7.68. The van der Waals surface area contributed by atoms with Gasteiger partial charge in [-0.05, 0) is 31.2 Å². The molecule has 0 aromatic carbocycles. The Morgan fingerprint density at radius 1 is 1.45 bits per heavy atom. The lowest BCUT2D eigenvalue weighted by Gasteiger charge is -2.25. The molecular formula is C8H16N2O. The SMILES string of the molecule is NOCCN1CCC2CC2C1. The monoisotopic (exact) mass is 156 g/mol. The Bertz CT molecular complexity index is 140. The second kappa shape index (κ2) is 3.09. The van der Waals surface area contributed by atoms with Crippen LogP contribution in [0.2, 0.25) is 0 Å². The molecule has 1 aliphatic heterocycles. The van der Waals surface area contributed by atoms with Gasteiger partial charge in [0.15, 0.2) is 0 Å². The molecule has 0 amide bonds. The lowest BCUT2D eigenvalue weighted by Crippen LogP contribution is -2.34. The minimum absolute atomic E-state index is 0.678. The van der Waals surface area contributed by atoms with Gasteiger partial charge in [0, 0.05) is 13.1 Å². The van der Waals surface area contributed by atoms with Crippen LogP contribution in [0.15, 0.2) is 0 Å². The van der Waals surface area contributed by atoms with Gasteiger partial charge in [-0.15, -0.1) is 0 Å². The summed E-state index contributed by atoms with van der Waals surface area (Å²) in [5.41, 5.74) is 0. The van der Waals surface area contributed by atoms with Crippen molar-refractivity contribution in [2.45, 2.75) is 12.8 Å². The highest BCUT2D eigenvalue weighted by Gasteiger charge is 2.40. The Morgan fingerprint density at radius 3 is 3.09 bits per heavy atom. The maximum absolute atomic E-state index is 4.96. The van der Waals surface area contributed by atoms with E-state index in [-0.39, 0.29) is 0 Å². The van der Waals surface area contributed by atoms with E-state index in [2.05, 4.69) is 9.74 Å². The first kappa shape index (κ1) is 7.53. The highest BCUT2D eigenvalue weighted by molar-refractivity contribution is 4.92. The Morgan fingerprint density at radius 2 is 2.36 bits per heavy atom. The molecule has 2 aliphatic rings. The van der Waals surface area contributed by atoms with Crippen molar-refractivity contribution in [2.75, 3.05) is 26.2 Å². The topological polar surface area (TPSA) is 38.5 Å². The van der Waals surface area contributed by atoms with E-state index in [4.69, 9.17) is 5.90 Å². The predicted molar refractivity (Wildman–Crippen MR) is 42.8 cm³/mol. The van der Waals surface area contributed by atoms with Crippen LogP contribution in [0, 0.1) is 11.8 Å². The minimum Gasteiger partial charge on any atom is -0.303 e. The first-order valence-electron chi connectivity index (χ1n) is 4.44. The number of hydrogen-bond donors (Lipinski definition) is 1. The molecule has 2 fully saturated rings. The molecule has 2 N–H and O–H groups in total. The number of nitrogens with two attached hydrogens (primary N) is 1. The zero-order valence-corrected chi connectivity index (χ0v) is 6.83. The fourth-order valence-corrected chi connectivity index (χ4v) is 2.04. The lowest BCUT2D eigenvalue weighted by molar-refractivity contribution is 0.0961. The van der Waals surface area contributed by atoms with Crippen molar-refractivity contribution in [3.63, 3.8) is 0 Å². The van der Waals surface area contributed by atoms with E-state index in [1.165, 1.54) is 25.9 Å². The fraction of sp³-hybridized carbons (Fsp3) is 1.00. The smallest absolute Gasteiger partial charge is 0.0806 e. The van der Waals surface area contributed by atoms with Gasteiger partial charge < -0.3 is 9.74 Å². The van der Waals surface area contributed by atoms with Crippen LogP contribution in [0.3, 0.4) is 0 Å². The highest BCUT2D eigenvalue weighted by atomic mass is 16.6. The molecule has 0 aromatic heterocycles. The molecule has 0 aromatic rings. The number of fused-ring (bicyclic) bond motifs is 1. The standard InChI is InChI=1S/C8H16N2O/c9-11-4-3-10-2-1-7-5-8(7)6-10/h7-8H,1-6,9H2. The quantitative estimate of drug-likeness (QED) is 0.594. The van der Waals surface area contributed by atoms with Gasteiger partial charge in [0.05, 0.1) is 6.61 Å². The summed E-state index contributed by atoms with van der Waals surface area (Å²) in [7, 11) is 0. The minimum atomic E-state index is 0.678. The Kier molecular flexibility index (Phi) is 2.11. The van der Waals surface area contributed by atoms with Crippen LogP contribution in [-0.2, 0) is 4.84 Å². The van der Waals surface area contributed by atoms with Gasteiger partial charge in [-0.2, -0.15) is 0 Å². The molecule has 11 heavy (non-hydrogen) atoms. The van der Waals surface area contributed by atoms with E-state index in [1.807, 2.05) is 0 Å². The van der Waals surface area contributed by atoms with Crippen LogP contribution >= 0.6 is 0 Å². The molecule has 1 saturated heterocycles. The third kappa shape index (κ3) is 1.72. The molecule has 3 nitrogen and oxygen atoms in total. The third-order valence-electron chi connectivity index (χ3n) is 2.90. The van der Waals surface area contributed by atoms with E-state index in [0.29, 0.717) is 6.61 Å². The molecule has 2 atom stereocenters. The van der Waals surface area contributed by atoms with Crippen LogP contribution in [0.1, 0.15) is 12.8 Å². The van der Waals surface area contributed by atoms with Crippen LogP contribution < -0.4 is 5.90 Å². The summed E-state index contributed by atoms with van der Waals surface area (Å²) in [4.78, 5) is 7.01. The largest absolute Gasteiger partial charge is 0.303 e. The van der Waals surface area contributed by atoms with Gasteiger partial charge >= 0.3 is 0 Å². The van der Waals surface area contributed by atoms with Crippen molar-refractivity contribution in [2.24, 2.45) is 17.7 Å². The normalized spacial score (nSPS) is 36.8. The summed E-state index contributed by atoms with van der Waals surface area (Å²) < 4.78 is 0. The van der Waals surface area contributed by atoms with Gasteiger partial charge in [0.25, 0.3) is 0 Å². The van der Waals surface area contributed by atoms with Crippen LogP contribution in [-0.4, -0.2) is 31.1 Å².